The molecule has 88 valence electrons. The Morgan fingerprint density at radius 3 is 2.53 bits per heavy atom. The number of phenolic OH excluding ortho intramolecular Hbond substituents is 1. The predicted octanol–water partition coefficient (Wildman–Crippen LogP) is 3.01. The summed E-state index contributed by atoms with van der Waals surface area (Å²) >= 11 is 0. The third-order valence-electron chi connectivity index (χ3n) is 2.50. The molecule has 0 saturated heterocycles. The summed E-state index contributed by atoms with van der Waals surface area (Å²) in [7, 11) is 1.65. The first-order valence-corrected chi connectivity index (χ1v) is 5.44. The highest BCUT2D eigenvalue weighted by Gasteiger charge is 1.96. The minimum absolute atomic E-state index is 0.291. The molecular formula is C14H15NO2. The SMILES string of the molecule is COc1ccc(NCc2cccc(O)c2)cc1. The average molecular weight is 229 g/mol. The molecular weight excluding hydrogens is 214 g/mol. The van der Waals surface area contributed by atoms with Crippen LogP contribution in [-0.2, 0) is 6.54 Å². The Kier molecular flexibility index (Phi) is 3.50. The molecule has 0 aliphatic heterocycles. The number of hydrogen-bond acceptors (Lipinski definition) is 3. The van der Waals surface area contributed by atoms with E-state index in [1.807, 2.05) is 36.4 Å². The zero-order valence-electron chi connectivity index (χ0n) is 9.68. The Bertz CT molecular complexity index is 480. The minimum Gasteiger partial charge on any atom is -0.508 e. The maximum atomic E-state index is 9.33. The van der Waals surface area contributed by atoms with Crippen LogP contribution >= 0.6 is 0 Å². The van der Waals surface area contributed by atoms with Crippen molar-refractivity contribution in [2.24, 2.45) is 0 Å². The van der Waals surface area contributed by atoms with Gasteiger partial charge in [0.25, 0.3) is 0 Å². The van der Waals surface area contributed by atoms with Gasteiger partial charge in [-0.3, -0.25) is 0 Å². The number of phenols is 1. The smallest absolute Gasteiger partial charge is 0.119 e. The number of anilines is 1. The van der Waals surface area contributed by atoms with E-state index in [-0.39, 0.29) is 0 Å². The van der Waals surface area contributed by atoms with Crippen LogP contribution in [0.2, 0.25) is 0 Å². The highest BCUT2D eigenvalue weighted by atomic mass is 16.5. The molecule has 2 aromatic rings. The number of hydrogen-bond donors (Lipinski definition) is 2. The molecule has 2 N–H and O–H groups in total. The summed E-state index contributed by atoms with van der Waals surface area (Å²) < 4.78 is 5.09. The molecule has 0 spiro atoms. The molecule has 0 bridgehead atoms. The van der Waals surface area contributed by atoms with Crippen molar-refractivity contribution in [3.05, 3.63) is 54.1 Å². The van der Waals surface area contributed by atoms with Crippen LogP contribution in [0, 0.1) is 0 Å². The van der Waals surface area contributed by atoms with Gasteiger partial charge in [-0.2, -0.15) is 0 Å². The van der Waals surface area contributed by atoms with E-state index in [0.717, 1.165) is 17.0 Å². The topological polar surface area (TPSA) is 41.5 Å². The summed E-state index contributed by atoms with van der Waals surface area (Å²) in [5.74, 6) is 1.13. The fraction of sp³-hybridized carbons (Fsp3) is 0.143. The molecule has 0 heterocycles. The van der Waals surface area contributed by atoms with Crippen LogP contribution < -0.4 is 10.1 Å². The van der Waals surface area contributed by atoms with Crippen molar-refractivity contribution in [1.82, 2.24) is 0 Å². The zero-order valence-corrected chi connectivity index (χ0v) is 9.68. The predicted molar refractivity (Wildman–Crippen MR) is 68.4 cm³/mol. The van der Waals surface area contributed by atoms with Crippen molar-refractivity contribution in [2.75, 3.05) is 12.4 Å². The van der Waals surface area contributed by atoms with E-state index in [1.54, 1.807) is 19.2 Å². The Hall–Kier alpha value is -2.16. The first-order chi connectivity index (χ1) is 8.28. The standard InChI is InChI=1S/C14H15NO2/c1-17-14-7-5-12(6-8-14)15-10-11-3-2-4-13(16)9-11/h2-9,15-16H,10H2,1H3. The first kappa shape index (κ1) is 11.3. The highest BCUT2D eigenvalue weighted by Crippen LogP contribution is 2.17. The number of benzene rings is 2. The summed E-state index contributed by atoms with van der Waals surface area (Å²) in [6.45, 7) is 0.681. The van der Waals surface area contributed by atoms with Gasteiger partial charge in [0.1, 0.15) is 11.5 Å². The van der Waals surface area contributed by atoms with Crippen LogP contribution in [0.5, 0.6) is 11.5 Å². The van der Waals surface area contributed by atoms with Gasteiger partial charge in [0, 0.05) is 12.2 Å². The number of methoxy groups -OCH3 is 1. The number of nitrogens with one attached hydrogen (secondary N) is 1. The molecule has 0 amide bonds. The second-order valence-corrected chi connectivity index (χ2v) is 3.75. The summed E-state index contributed by atoms with van der Waals surface area (Å²) in [5.41, 5.74) is 2.06. The highest BCUT2D eigenvalue weighted by molar-refractivity contribution is 5.47. The van der Waals surface area contributed by atoms with Crippen LogP contribution in [0.3, 0.4) is 0 Å². The summed E-state index contributed by atoms with van der Waals surface area (Å²) in [6.07, 6.45) is 0. The van der Waals surface area contributed by atoms with Gasteiger partial charge >= 0.3 is 0 Å². The zero-order chi connectivity index (χ0) is 12.1. The molecule has 3 nitrogen and oxygen atoms in total. The number of rotatable bonds is 4. The molecule has 3 heteroatoms. The van der Waals surface area contributed by atoms with E-state index in [0.29, 0.717) is 12.3 Å². The quantitative estimate of drug-likeness (QED) is 0.846. The fourth-order valence-electron chi connectivity index (χ4n) is 1.58. The third kappa shape index (κ3) is 3.14. The first-order valence-electron chi connectivity index (χ1n) is 5.44. The molecule has 0 fully saturated rings. The van der Waals surface area contributed by atoms with Crippen LogP contribution in [0.4, 0.5) is 5.69 Å². The lowest BCUT2D eigenvalue weighted by atomic mass is 10.2. The molecule has 0 atom stereocenters. The van der Waals surface area contributed by atoms with Crippen molar-refractivity contribution in [2.45, 2.75) is 6.54 Å². The Morgan fingerprint density at radius 1 is 1.12 bits per heavy atom. The molecule has 0 aromatic heterocycles. The lowest BCUT2D eigenvalue weighted by Gasteiger charge is -2.07. The van der Waals surface area contributed by atoms with Crippen LogP contribution in [-0.4, -0.2) is 12.2 Å². The maximum absolute atomic E-state index is 9.33. The van der Waals surface area contributed by atoms with Crippen LogP contribution in [0.1, 0.15) is 5.56 Å². The van der Waals surface area contributed by atoms with Crippen molar-refractivity contribution in [3.8, 4) is 11.5 Å². The molecule has 0 unspecified atom stereocenters. The van der Waals surface area contributed by atoms with Crippen molar-refractivity contribution >= 4 is 5.69 Å². The number of ether oxygens (including phenoxy) is 1. The molecule has 2 rings (SSSR count). The summed E-state index contributed by atoms with van der Waals surface area (Å²) in [4.78, 5) is 0. The maximum Gasteiger partial charge on any atom is 0.119 e. The van der Waals surface area contributed by atoms with E-state index >= 15 is 0 Å². The van der Waals surface area contributed by atoms with Gasteiger partial charge in [0.05, 0.1) is 7.11 Å². The van der Waals surface area contributed by atoms with Gasteiger partial charge in [-0.05, 0) is 42.0 Å². The minimum atomic E-state index is 0.291. The molecule has 0 saturated carbocycles. The van der Waals surface area contributed by atoms with Gasteiger partial charge in [-0.15, -0.1) is 0 Å². The lowest BCUT2D eigenvalue weighted by Crippen LogP contribution is -1.98. The summed E-state index contributed by atoms with van der Waals surface area (Å²) in [6, 6.07) is 14.9. The van der Waals surface area contributed by atoms with Crippen molar-refractivity contribution in [3.63, 3.8) is 0 Å². The van der Waals surface area contributed by atoms with E-state index < -0.39 is 0 Å². The van der Waals surface area contributed by atoms with E-state index in [4.69, 9.17) is 4.74 Å². The van der Waals surface area contributed by atoms with E-state index in [9.17, 15) is 5.11 Å². The lowest BCUT2D eigenvalue weighted by molar-refractivity contribution is 0.415. The second-order valence-electron chi connectivity index (χ2n) is 3.75. The van der Waals surface area contributed by atoms with E-state index in [1.165, 1.54) is 0 Å². The van der Waals surface area contributed by atoms with Gasteiger partial charge in [-0.25, -0.2) is 0 Å². The molecule has 17 heavy (non-hydrogen) atoms. The second kappa shape index (κ2) is 5.25. The number of aromatic hydroxyl groups is 1. The van der Waals surface area contributed by atoms with Crippen LogP contribution in [0.25, 0.3) is 0 Å². The molecule has 2 aromatic carbocycles. The average Bonchev–Trinajstić information content (AvgIpc) is 2.37. The largest absolute Gasteiger partial charge is 0.508 e. The van der Waals surface area contributed by atoms with E-state index in [2.05, 4.69) is 5.32 Å². The Balaban J connectivity index is 1.97. The van der Waals surface area contributed by atoms with Crippen molar-refractivity contribution < 1.29 is 9.84 Å². The fourth-order valence-corrected chi connectivity index (χ4v) is 1.58. The monoisotopic (exact) mass is 229 g/mol. The van der Waals surface area contributed by atoms with Gasteiger partial charge in [-0.1, -0.05) is 12.1 Å². The normalized spacial score (nSPS) is 9.94. The van der Waals surface area contributed by atoms with Gasteiger partial charge < -0.3 is 15.2 Å². The Labute approximate surface area is 101 Å². The Morgan fingerprint density at radius 2 is 1.88 bits per heavy atom. The van der Waals surface area contributed by atoms with Crippen molar-refractivity contribution in [1.29, 1.82) is 0 Å². The van der Waals surface area contributed by atoms with Gasteiger partial charge in [0.2, 0.25) is 0 Å². The molecule has 0 radical (unpaired) electrons. The van der Waals surface area contributed by atoms with Crippen LogP contribution in [0.15, 0.2) is 48.5 Å². The third-order valence-corrected chi connectivity index (χ3v) is 2.50. The van der Waals surface area contributed by atoms with Gasteiger partial charge in [0.15, 0.2) is 0 Å². The molecule has 0 aliphatic carbocycles. The molecule has 0 aliphatic rings. The summed E-state index contributed by atoms with van der Waals surface area (Å²) in [5, 5.41) is 12.6.